The minimum absolute atomic E-state index is 0. The molecule has 0 aromatic heterocycles. The number of rotatable bonds is 2. The Morgan fingerprint density at radius 1 is 1.29 bits per heavy atom. The number of hydrogen-bond acceptors (Lipinski definition) is 3. The molecule has 0 unspecified atom stereocenters. The molecule has 0 heterocycles. The van der Waals surface area contributed by atoms with Gasteiger partial charge in [-0.05, 0) is 0 Å². The predicted octanol–water partition coefficient (Wildman–Crippen LogP) is -3.72. The van der Waals surface area contributed by atoms with Crippen molar-refractivity contribution in [2.45, 2.75) is 0 Å². The van der Waals surface area contributed by atoms with Gasteiger partial charge in [0.25, 0.3) is 0 Å². The monoisotopic (exact) mass is 140 g/mol. The van der Waals surface area contributed by atoms with E-state index in [2.05, 4.69) is 4.74 Å². The Kier molecular flexibility index (Phi) is 35.3. The topological polar surface area (TPSA) is 43.4 Å². The van der Waals surface area contributed by atoms with Gasteiger partial charge in [0.15, 0.2) is 0 Å². The molecule has 0 aliphatic carbocycles. The first-order valence-corrected chi connectivity index (χ1v) is 0.943. The second-order valence-corrected chi connectivity index (χ2v) is 0.329. The van der Waals surface area contributed by atoms with E-state index >= 15 is 0 Å². The summed E-state index contributed by atoms with van der Waals surface area (Å²) in [6.07, 6.45) is 0. The van der Waals surface area contributed by atoms with E-state index in [4.69, 9.17) is 9.59 Å². The van der Waals surface area contributed by atoms with E-state index in [0.717, 1.165) is 0 Å². The summed E-state index contributed by atoms with van der Waals surface area (Å²) in [6.45, 7) is 0.125. The van der Waals surface area contributed by atoms with Gasteiger partial charge in [-0.3, -0.25) is 9.59 Å². The first kappa shape index (κ1) is 15.8. The molecule has 0 bridgehead atoms. The summed E-state index contributed by atoms with van der Waals surface area (Å²) >= 11 is 0. The van der Waals surface area contributed by atoms with E-state index in [1.807, 2.05) is 0 Å². The van der Waals surface area contributed by atoms with Crippen molar-refractivity contribution in [3.05, 3.63) is 0 Å². The Bertz CT molecular complexity index is 51.0. The molecule has 0 radical (unpaired) electrons. The fourth-order valence-corrected chi connectivity index (χ4v) is 0.0227. The Morgan fingerprint density at radius 2 is 1.57 bits per heavy atom. The van der Waals surface area contributed by atoms with Crippen LogP contribution in [0.25, 0.3) is 0 Å². The van der Waals surface area contributed by atoms with E-state index in [1.165, 1.54) is 0 Å². The van der Waals surface area contributed by atoms with Crippen molar-refractivity contribution in [1.29, 1.82) is 0 Å². The van der Waals surface area contributed by atoms with Gasteiger partial charge in [0.2, 0.25) is 0 Å². The van der Waals surface area contributed by atoms with Crippen molar-refractivity contribution >= 4 is 50.7 Å². The standard InChI is InChI=1S/C2H2O3.Ca.Na.3H/c3-1-5-2-4;;;;;/h1-2H;;;;;/q;+2;+1;3*-1. The zero-order chi connectivity index (χ0) is 4.12. The molecule has 0 aromatic rings. The summed E-state index contributed by atoms with van der Waals surface area (Å²) in [5.41, 5.74) is 0. The number of hydrogen-bond donors (Lipinski definition) is 0. The van der Waals surface area contributed by atoms with E-state index in [9.17, 15) is 0 Å². The van der Waals surface area contributed by atoms with Gasteiger partial charge in [-0.25, -0.2) is 0 Å². The van der Waals surface area contributed by atoms with Crippen molar-refractivity contribution in [2.75, 3.05) is 0 Å². The van der Waals surface area contributed by atoms with E-state index in [0.29, 0.717) is 0 Å². The smallest absolute Gasteiger partial charge is 1.00 e. The third-order valence-electron chi connectivity index (χ3n) is 0.111. The zero-order valence-electron chi connectivity index (χ0n) is 7.09. The van der Waals surface area contributed by atoms with Gasteiger partial charge in [-0.2, -0.15) is 0 Å². The molecule has 5 heteroatoms. The normalized spacial score (nSPS) is 4.00. The number of ether oxygens (including phenoxy) is 1. The molecule has 0 amide bonds. The van der Waals surface area contributed by atoms with Gasteiger partial charge < -0.3 is 9.02 Å². The fraction of sp³-hybridized carbons (Fsp3) is 0. The minimum atomic E-state index is 0. The van der Waals surface area contributed by atoms with Gasteiger partial charge in [0, 0.05) is 0 Å². The quantitative estimate of drug-likeness (QED) is 0.225. The third kappa shape index (κ3) is 18.7. The average Bonchev–Trinajstić information content (AvgIpc) is 1.41. The van der Waals surface area contributed by atoms with Crippen LogP contribution in [0.1, 0.15) is 4.28 Å². The van der Waals surface area contributed by atoms with Crippen LogP contribution in [-0.2, 0) is 14.3 Å². The Labute approximate surface area is 97.5 Å². The van der Waals surface area contributed by atoms with Gasteiger partial charge in [0.1, 0.15) is 0 Å². The van der Waals surface area contributed by atoms with Gasteiger partial charge >= 0.3 is 80.2 Å². The average molecular weight is 140 g/mol. The molecule has 0 aromatic carbocycles. The summed E-state index contributed by atoms with van der Waals surface area (Å²) in [5, 5.41) is 0. The molecule has 34 valence electrons. The van der Waals surface area contributed by atoms with Crippen molar-refractivity contribution < 1.29 is 48.2 Å². The maximum absolute atomic E-state index is 8.95. The first-order valence-electron chi connectivity index (χ1n) is 0.943. The summed E-state index contributed by atoms with van der Waals surface area (Å²) < 4.78 is 3.47. The second-order valence-electron chi connectivity index (χ2n) is 0.329. The molecule has 0 saturated heterocycles. The van der Waals surface area contributed by atoms with Crippen LogP contribution < -0.4 is 29.6 Å². The zero-order valence-corrected chi connectivity index (χ0v) is 8.29. The molecule has 0 atom stereocenters. The van der Waals surface area contributed by atoms with Gasteiger partial charge in [-0.1, -0.05) is 0 Å². The molecule has 0 rings (SSSR count). The van der Waals surface area contributed by atoms with Crippen LogP contribution in [-0.4, -0.2) is 50.7 Å². The van der Waals surface area contributed by atoms with Crippen LogP contribution in [0.4, 0.5) is 0 Å². The van der Waals surface area contributed by atoms with Crippen molar-refractivity contribution in [2.24, 2.45) is 0 Å². The predicted molar refractivity (Wildman–Crippen MR) is 22.3 cm³/mol. The number of carbonyl (C=O) groups excluding carboxylic acids is 2. The summed E-state index contributed by atoms with van der Waals surface area (Å²) in [7, 11) is 0. The maximum Gasteiger partial charge on any atom is 2.00 e. The molecule has 0 aliphatic heterocycles. The third-order valence-corrected chi connectivity index (χ3v) is 0.111. The summed E-state index contributed by atoms with van der Waals surface area (Å²) in [6, 6.07) is 0. The summed E-state index contributed by atoms with van der Waals surface area (Å²) in [4.78, 5) is 17.9. The van der Waals surface area contributed by atoms with Crippen LogP contribution in [0.3, 0.4) is 0 Å². The van der Waals surface area contributed by atoms with E-state index in [1.54, 1.807) is 0 Å². The SMILES string of the molecule is O=COC=O.[Ca+2].[H-].[H-].[H-].[Na+]. The molecule has 0 N–H and O–H groups in total. The molecule has 3 nitrogen and oxygen atoms in total. The largest absolute Gasteiger partial charge is 2.00 e. The van der Waals surface area contributed by atoms with Crippen LogP contribution in [0.2, 0.25) is 0 Å². The summed E-state index contributed by atoms with van der Waals surface area (Å²) in [5.74, 6) is 0. The van der Waals surface area contributed by atoms with Crippen molar-refractivity contribution in [3.8, 4) is 0 Å². The second kappa shape index (κ2) is 15.7. The fourth-order valence-electron chi connectivity index (χ4n) is 0.0227. The maximum atomic E-state index is 8.95. The number of carbonyl (C=O) groups is 2. The molecule has 7 heavy (non-hydrogen) atoms. The van der Waals surface area contributed by atoms with E-state index < -0.39 is 0 Å². The molecule has 0 saturated carbocycles. The van der Waals surface area contributed by atoms with Crippen LogP contribution in [0.5, 0.6) is 0 Å². The molecule has 0 spiro atoms. The Morgan fingerprint density at radius 3 is 1.57 bits per heavy atom. The van der Waals surface area contributed by atoms with Crippen LogP contribution >= 0.6 is 0 Å². The Balaban J connectivity index is -0.00000000800. The Hall–Kier alpha value is 1.40. The van der Waals surface area contributed by atoms with Crippen molar-refractivity contribution in [1.82, 2.24) is 0 Å². The van der Waals surface area contributed by atoms with E-state index in [-0.39, 0.29) is 84.5 Å². The molecular formula is C2H5CaNaO3. The molecule has 0 fully saturated rings. The molecule has 0 aliphatic rings. The first-order chi connectivity index (χ1) is 2.41. The molecular weight excluding hydrogens is 135 g/mol. The van der Waals surface area contributed by atoms with Gasteiger partial charge in [0.05, 0.1) is 0 Å². The van der Waals surface area contributed by atoms with Crippen LogP contribution in [0.15, 0.2) is 0 Å². The minimum Gasteiger partial charge on any atom is -1.00 e. The van der Waals surface area contributed by atoms with Gasteiger partial charge in [-0.15, -0.1) is 0 Å². The van der Waals surface area contributed by atoms with Crippen molar-refractivity contribution in [3.63, 3.8) is 0 Å². The van der Waals surface area contributed by atoms with Crippen LogP contribution in [0, 0.1) is 0 Å².